The lowest BCUT2D eigenvalue weighted by molar-refractivity contribution is 0.586. The van der Waals surface area contributed by atoms with Gasteiger partial charge in [0, 0.05) is 36.1 Å². The van der Waals surface area contributed by atoms with Gasteiger partial charge in [-0.2, -0.15) is 5.10 Å². The number of hydrogen-bond donors (Lipinski definition) is 3. The fraction of sp³-hybridized carbons (Fsp3) is 0.111. The molecule has 38 heavy (non-hydrogen) atoms. The molecule has 9 nitrogen and oxygen atoms in total. The second-order valence-electron chi connectivity index (χ2n) is 9.10. The van der Waals surface area contributed by atoms with E-state index in [0.29, 0.717) is 33.7 Å². The molecule has 6 aromatic rings. The van der Waals surface area contributed by atoms with E-state index in [9.17, 15) is 12.8 Å². The Balaban J connectivity index is 1.44. The first kappa shape index (κ1) is 23.9. The number of halogens is 1. The molecule has 0 atom stereocenters. The van der Waals surface area contributed by atoms with Gasteiger partial charge in [0.05, 0.1) is 23.2 Å². The van der Waals surface area contributed by atoms with Crippen molar-refractivity contribution < 1.29 is 12.8 Å². The molecule has 0 saturated carbocycles. The van der Waals surface area contributed by atoms with Crippen molar-refractivity contribution in [2.75, 3.05) is 6.26 Å². The molecular formula is C27H22FN7O2S. The lowest BCUT2D eigenvalue weighted by Gasteiger charge is -2.08. The van der Waals surface area contributed by atoms with E-state index in [2.05, 4.69) is 29.9 Å². The molecule has 0 amide bonds. The van der Waals surface area contributed by atoms with Gasteiger partial charge in [0.15, 0.2) is 0 Å². The van der Waals surface area contributed by atoms with Crippen LogP contribution < -0.4 is 4.72 Å². The standard InChI is InChI=1S/C27H22FN7O2S/c1-15-5-7-29-14-21(15)22-3-4-23-25(32-22)26(35-34-23)24-12-20-19(6-8-30-27(20)33-24)17-9-16(10-18(28)11-17)13-31-38(2,36)37/h3-12,14,31H,13H2,1-2H3,(H,30,33)(H,34,35). The van der Waals surface area contributed by atoms with E-state index in [0.717, 1.165) is 39.5 Å². The number of aromatic nitrogens is 6. The molecular weight excluding hydrogens is 505 g/mol. The van der Waals surface area contributed by atoms with Gasteiger partial charge >= 0.3 is 0 Å². The number of nitrogens with zero attached hydrogens (tertiary/aromatic N) is 4. The Morgan fingerprint density at radius 2 is 1.89 bits per heavy atom. The van der Waals surface area contributed by atoms with Gasteiger partial charge in [0.25, 0.3) is 0 Å². The van der Waals surface area contributed by atoms with Crippen molar-refractivity contribution in [2.24, 2.45) is 0 Å². The first-order valence-electron chi connectivity index (χ1n) is 11.7. The van der Waals surface area contributed by atoms with Crippen LogP contribution in [0, 0.1) is 12.7 Å². The van der Waals surface area contributed by atoms with Crippen molar-refractivity contribution in [3.63, 3.8) is 0 Å². The zero-order valence-corrected chi connectivity index (χ0v) is 21.3. The predicted molar refractivity (Wildman–Crippen MR) is 144 cm³/mol. The van der Waals surface area contributed by atoms with Gasteiger partial charge in [-0.25, -0.2) is 27.5 Å². The highest BCUT2D eigenvalue weighted by Gasteiger charge is 2.17. The predicted octanol–water partition coefficient (Wildman–Crippen LogP) is 4.73. The van der Waals surface area contributed by atoms with E-state index in [1.54, 1.807) is 30.7 Å². The average Bonchev–Trinajstić information content (AvgIpc) is 3.50. The minimum absolute atomic E-state index is 0.0140. The van der Waals surface area contributed by atoms with Gasteiger partial charge in [0.1, 0.15) is 22.7 Å². The smallest absolute Gasteiger partial charge is 0.209 e. The van der Waals surface area contributed by atoms with Gasteiger partial charge < -0.3 is 4.98 Å². The van der Waals surface area contributed by atoms with E-state index >= 15 is 0 Å². The number of aryl methyl sites for hydroxylation is 1. The Bertz CT molecular complexity index is 1950. The lowest BCUT2D eigenvalue weighted by atomic mass is 10.0. The summed E-state index contributed by atoms with van der Waals surface area (Å²) in [6, 6.07) is 14.0. The van der Waals surface area contributed by atoms with Crippen LogP contribution in [0.1, 0.15) is 11.1 Å². The molecule has 5 aromatic heterocycles. The number of aromatic amines is 2. The molecule has 11 heteroatoms. The van der Waals surface area contributed by atoms with Crippen molar-refractivity contribution in [1.29, 1.82) is 0 Å². The van der Waals surface area contributed by atoms with Crippen molar-refractivity contribution in [3.8, 4) is 33.8 Å². The highest BCUT2D eigenvalue weighted by molar-refractivity contribution is 7.88. The highest BCUT2D eigenvalue weighted by atomic mass is 32.2. The van der Waals surface area contributed by atoms with Crippen LogP contribution in [0.5, 0.6) is 0 Å². The first-order chi connectivity index (χ1) is 18.2. The molecule has 190 valence electrons. The van der Waals surface area contributed by atoms with Gasteiger partial charge in [-0.15, -0.1) is 0 Å². The van der Waals surface area contributed by atoms with Crippen LogP contribution in [0.25, 0.3) is 55.8 Å². The number of pyridine rings is 3. The maximum atomic E-state index is 14.5. The Kier molecular flexibility index (Phi) is 5.73. The van der Waals surface area contributed by atoms with Crippen molar-refractivity contribution in [1.82, 2.24) is 34.9 Å². The SMILES string of the molecule is Cc1ccncc1-c1ccc2[nH]nc(-c3cc4c(-c5cc(F)cc(CNS(C)(=O)=O)c5)ccnc4[nH]3)c2n1. The second-order valence-corrected chi connectivity index (χ2v) is 10.9. The van der Waals surface area contributed by atoms with Gasteiger partial charge in [0.2, 0.25) is 10.0 Å². The quantitative estimate of drug-likeness (QED) is 0.287. The summed E-state index contributed by atoms with van der Waals surface area (Å²) in [5, 5.41) is 8.32. The molecule has 1 aromatic carbocycles. The summed E-state index contributed by atoms with van der Waals surface area (Å²) < 4.78 is 39.9. The Morgan fingerprint density at radius 3 is 2.71 bits per heavy atom. The number of rotatable bonds is 6. The molecule has 0 saturated heterocycles. The molecule has 5 heterocycles. The summed E-state index contributed by atoms with van der Waals surface area (Å²) in [4.78, 5) is 16.9. The van der Waals surface area contributed by atoms with E-state index in [-0.39, 0.29) is 6.54 Å². The Labute approximate surface area is 217 Å². The van der Waals surface area contributed by atoms with Crippen LogP contribution in [-0.4, -0.2) is 44.8 Å². The minimum atomic E-state index is -3.42. The van der Waals surface area contributed by atoms with E-state index in [1.165, 1.54) is 12.1 Å². The summed E-state index contributed by atoms with van der Waals surface area (Å²) in [5.41, 5.74) is 8.06. The van der Waals surface area contributed by atoms with Gasteiger partial charge in [-0.05, 0) is 77.7 Å². The summed E-state index contributed by atoms with van der Waals surface area (Å²) in [6.07, 6.45) is 6.25. The molecule has 0 radical (unpaired) electrons. The molecule has 6 rings (SSSR count). The van der Waals surface area contributed by atoms with Crippen LogP contribution in [-0.2, 0) is 16.6 Å². The van der Waals surface area contributed by atoms with Crippen molar-refractivity contribution >= 4 is 32.1 Å². The normalized spacial score (nSPS) is 12.0. The van der Waals surface area contributed by atoms with Crippen molar-refractivity contribution in [3.05, 3.63) is 84.1 Å². The molecule has 3 N–H and O–H groups in total. The third-order valence-corrected chi connectivity index (χ3v) is 6.99. The average molecular weight is 528 g/mol. The number of hydrogen-bond acceptors (Lipinski definition) is 6. The molecule has 0 spiro atoms. The van der Waals surface area contributed by atoms with Crippen LogP contribution in [0.2, 0.25) is 0 Å². The fourth-order valence-corrected chi connectivity index (χ4v) is 4.93. The summed E-state index contributed by atoms with van der Waals surface area (Å²) >= 11 is 0. The van der Waals surface area contributed by atoms with Gasteiger partial charge in [-0.3, -0.25) is 10.1 Å². The number of nitrogens with one attached hydrogen (secondary N) is 3. The van der Waals surface area contributed by atoms with Crippen LogP contribution in [0.15, 0.2) is 67.1 Å². The Hall–Kier alpha value is -4.48. The largest absolute Gasteiger partial charge is 0.338 e. The first-order valence-corrected chi connectivity index (χ1v) is 13.6. The number of fused-ring (bicyclic) bond motifs is 2. The monoisotopic (exact) mass is 527 g/mol. The molecule has 0 fully saturated rings. The maximum absolute atomic E-state index is 14.5. The topological polar surface area (TPSA) is 129 Å². The van der Waals surface area contributed by atoms with Crippen LogP contribution >= 0.6 is 0 Å². The molecule has 0 aliphatic carbocycles. The molecule has 0 bridgehead atoms. The van der Waals surface area contributed by atoms with Crippen LogP contribution in [0.4, 0.5) is 4.39 Å². The summed E-state index contributed by atoms with van der Waals surface area (Å²) in [5.74, 6) is -0.464. The van der Waals surface area contributed by atoms with Gasteiger partial charge in [-0.1, -0.05) is 0 Å². The van der Waals surface area contributed by atoms with E-state index < -0.39 is 15.8 Å². The Morgan fingerprint density at radius 1 is 1.03 bits per heavy atom. The number of H-pyrrole nitrogens is 2. The van der Waals surface area contributed by atoms with E-state index in [1.807, 2.05) is 31.2 Å². The zero-order chi connectivity index (χ0) is 26.4. The van der Waals surface area contributed by atoms with Crippen LogP contribution in [0.3, 0.4) is 0 Å². The maximum Gasteiger partial charge on any atom is 0.209 e. The summed E-state index contributed by atoms with van der Waals surface area (Å²) in [6.45, 7) is 2.00. The third-order valence-electron chi connectivity index (χ3n) is 6.32. The molecule has 0 unspecified atom stereocenters. The lowest BCUT2D eigenvalue weighted by Crippen LogP contribution is -2.21. The second kappa shape index (κ2) is 9.12. The molecule has 0 aliphatic heterocycles. The van der Waals surface area contributed by atoms with E-state index in [4.69, 9.17) is 4.98 Å². The van der Waals surface area contributed by atoms with Crippen molar-refractivity contribution in [2.45, 2.75) is 13.5 Å². The fourth-order valence-electron chi connectivity index (χ4n) is 4.50. The number of benzene rings is 1. The highest BCUT2D eigenvalue weighted by Crippen LogP contribution is 2.34. The third kappa shape index (κ3) is 4.53. The summed E-state index contributed by atoms with van der Waals surface area (Å²) in [7, 11) is -3.42. The molecule has 0 aliphatic rings. The number of sulfonamides is 1. The zero-order valence-electron chi connectivity index (χ0n) is 20.4. The minimum Gasteiger partial charge on any atom is -0.338 e.